The fourth-order valence-corrected chi connectivity index (χ4v) is 8.42. The molecule has 0 spiro atoms. The van der Waals surface area contributed by atoms with E-state index in [-0.39, 0.29) is 47.4 Å². The predicted molar refractivity (Wildman–Crippen MR) is 174 cm³/mol. The number of carbonyl (C=O) groups excluding carboxylic acids is 3. The summed E-state index contributed by atoms with van der Waals surface area (Å²) in [5, 5.41) is 3.78. The maximum Gasteiger partial charge on any atom is 0.374 e. The number of esters is 1. The molecule has 2 saturated carbocycles. The summed E-state index contributed by atoms with van der Waals surface area (Å²) in [4.78, 5) is 42.7. The molecule has 4 aliphatic rings. The number of methoxy groups -OCH3 is 1. The fourth-order valence-electron chi connectivity index (χ4n) is 8.42. The minimum Gasteiger partial charge on any atom is -0.460 e. The van der Waals surface area contributed by atoms with Crippen LogP contribution in [0.2, 0.25) is 0 Å². The van der Waals surface area contributed by atoms with Crippen LogP contribution in [-0.4, -0.2) is 81.0 Å². The first-order valence-corrected chi connectivity index (χ1v) is 17.6. The highest BCUT2D eigenvalue weighted by molar-refractivity contribution is 6.00. The van der Waals surface area contributed by atoms with Gasteiger partial charge in [0.05, 0.1) is 12.7 Å². The largest absolute Gasteiger partial charge is 0.460 e. The van der Waals surface area contributed by atoms with Gasteiger partial charge in [0.1, 0.15) is 18.3 Å². The van der Waals surface area contributed by atoms with Gasteiger partial charge in [-0.2, -0.15) is 0 Å². The van der Waals surface area contributed by atoms with E-state index in [0.717, 1.165) is 57.8 Å². The molecule has 0 bridgehead atoms. The number of rotatable bonds is 10. The number of nitrogens with two attached hydrogens (primary N) is 1. The number of fused-ring (bicyclic) bond motifs is 1. The molecule has 2 amide bonds. The highest BCUT2D eigenvalue weighted by Crippen LogP contribution is 2.42. The quantitative estimate of drug-likeness (QED) is 0.322. The Kier molecular flexibility index (Phi) is 11.1. The lowest BCUT2D eigenvalue weighted by atomic mass is 9.75. The molecule has 258 valence electrons. The first kappa shape index (κ1) is 33.9. The second-order valence-electron chi connectivity index (χ2n) is 14.1. The van der Waals surface area contributed by atoms with Crippen molar-refractivity contribution in [2.45, 2.75) is 88.8 Å². The molecular formula is C36H50FN3O7. The molecule has 1 aromatic carbocycles. The van der Waals surface area contributed by atoms with Crippen molar-refractivity contribution in [3.8, 4) is 0 Å². The average molecular weight is 656 g/mol. The van der Waals surface area contributed by atoms with Crippen LogP contribution in [0.4, 0.5) is 10.1 Å². The Labute approximate surface area is 276 Å². The Balaban J connectivity index is 1.15. The van der Waals surface area contributed by atoms with E-state index in [2.05, 4.69) is 5.32 Å². The van der Waals surface area contributed by atoms with Crippen LogP contribution >= 0.6 is 0 Å². The zero-order valence-electron chi connectivity index (χ0n) is 27.5. The first-order chi connectivity index (χ1) is 22.8. The van der Waals surface area contributed by atoms with Crippen molar-refractivity contribution in [1.82, 2.24) is 4.90 Å². The van der Waals surface area contributed by atoms with E-state index in [0.29, 0.717) is 61.8 Å². The fraction of sp³-hybridized carbons (Fsp3) is 0.694. The zero-order valence-corrected chi connectivity index (χ0v) is 27.5. The topological polar surface area (TPSA) is 133 Å². The van der Waals surface area contributed by atoms with Gasteiger partial charge in [-0.25, -0.2) is 9.18 Å². The summed E-state index contributed by atoms with van der Waals surface area (Å²) >= 11 is 0. The van der Waals surface area contributed by atoms with E-state index in [9.17, 15) is 18.8 Å². The Bertz CT molecular complexity index is 1380. The van der Waals surface area contributed by atoms with Crippen LogP contribution in [0.3, 0.4) is 0 Å². The third-order valence-corrected chi connectivity index (χ3v) is 11.3. The average Bonchev–Trinajstić information content (AvgIpc) is 3.76. The van der Waals surface area contributed by atoms with Gasteiger partial charge in [0.2, 0.25) is 17.6 Å². The van der Waals surface area contributed by atoms with E-state index in [4.69, 9.17) is 24.4 Å². The Morgan fingerprint density at radius 1 is 1.00 bits per heavy atom. The highest BCUT2D eigenvalue weighted by Gasteiger charge is 2.47. The maximum absolute atomic E-state index is 14.2. The van der Waals surface area contributed by atoms with Crippen molar-refractivity contribution in [2.24, 2.45) is 35.3 Å². The molecule has 3 N–H and O–H groups in total. The molecule has 4 fully saturated rings. The molecule has 2 saturated heterocycles. The number of likely N-dealkylation sites (tertiary alicyclic amines) is 1. The van der Waals surface area contributed by atoms with Crippen molar-refractivity contribution in [2.75, 3.05) is 45.5 Å². The van der Waals surface area contributed by atoms with Crippen LogP contribution in [0.1, 0.15) is 81.2 Å². The molecule has 0 unspecified atom stereocenters. The smallest absolute Gasteiger partial charge is 0.374 e. The van der Waals surface area contributed by atoms with Crippen LogP contribution in [0.15, 0.2) is 28.7 Å². The van der Waals surface area contributed by atoms with Gasteiger partial charge < -0.3 is 34.6 Å². The number of nitrogens with one attached hydrogen (secondary N) is 1. The SMILES string of the molecule is COC1CCC([C@@H]2CCN(C(=O)[C@H]3CC[C@H]([C@H](N)CF)CC3)[C@@H]2C(=O)Nc2ccc3oc(C(=O)OCC4CCOCC4)cc3c2)CC1. The molecule has 0 radical (unpaired) electrons. The molecule has 3 atom stereocenters. The van der Waals surface area contributed by atoms with Gasteiger partial charge in [-0.05, 0) is 119 Å². The number of anilines is 1. The molecule has 10 nitrogen and oxygen atoms in total. The van der Waals surface area contributed by atoms with Crippen LogP contribution < -0.4 is 11.1 Å². The van der Waals surface area contributed by atoms with Gasteiger partial charge in [-0.15, -0.1) is 0 Å². The van der Waals surface area contributed by atoms with Crippen molar-refractivity contribution >= 4 is 34.4 Å². The first-order valence-electron chi connectivity index (χ1n) is 17.6. The lowest BCUT2D eigenvalue weighted by molar-refractivity contribution is -0.142. The molecule has 3 heterocycles. The molecule has 6 rings (SSSR count). The second kappa shape index (κ2) is 15.5. The predicted octanol–water partition coefficient (Wildman–Crippen LogP) is 5.48. The number of amides is 2. The van der Waals surface area contributed by atoms with Crippen LogP contribution in [-0.2, 0) is 23.8 Å². The van der Waals surface area contributed by atoms with Gasteiger partial charge in [0, 0.05) is 49.9 Å². The number of nitrogens with zero attached hydrogens (tertiary/aromatic N) is 1. The monoisotopic (exact) mass is 655 g/mol. The van der Waals surface area contributed by atoms with Crippen LogP contribution in [0, 0.1) is 29.6 Å². The lowest BCUT2D eigenvalue weighted by Gasteiger charge is -2.37. The van der Waals surface area contributed by atoms with Crippen molar-refractivity contribution in [3.63, 3.8) is 0 Å². The summed E-state index contributed by atoms with van der Waals surface area (Å²) in [7, 11) is 1.75. The molecular weight excluding hydrogens is 605 g/mol. The molecule has 1 aromatic heterocycles. The third kappa shape index (κ3) is 7.84. The van der Waals surface area contributed by atoms with Crippen molar-refractivity contribution < 1.29 is 37.4 Å². The summed E-state index contributed by atoms with van der Waals surface area (Å²) in [6, 6.07) is 5.88. The summed E-state index contributed by atoms with van der Waals surface area (Å²) in [5.74, 6) is 0.0427. The van der Waals surface area contributed by atoms with E-state index < -0.39 is 24.7 Å². The minimum absolute atomic E-state index is 0.0275. The van der Waals surface area contributed by atoms with Gasteiger partial charge in [0.25, 0.3) is 0 Å². The molecule has 47 heavy (non-hydrogen) atoms. The number of benzene rings is 1. The number of furan rings is 1. The number of hydrogen-bond donors (Lipinski definition) is 2. The standard InChI is InChI=1S/C36H50FN3O7/c1-44-28-9-6-23(7-10-28)29-12-15-40(35(42)25-4-2-24(3-5-25)30(38)20-37)33(29)34(41)39-27-8-11-31-26(18-27)19-32(47-31)36(43)46-21-22-13-16-45-17-14-22/h8,11,18-19,22-25,28-30,33H,2-7,9-10,12-17,20-21,38H2,1H3,(H,39,41)/t23?,24-,25-,28?,29-,30+,33-/m0/s1. The van der Waals surface area contributed by atoms with Crippen LogP contribution in [0.5, 0.6) is 0 Å². The molecule has 2 aromatic rings. The number of alkyl halides is 1. The Hall–Kier alpha value is -3.02. The van der Waals surface area contributed by atoms with E-state index in [1.165, 1.54) is 0 Å². The zero-order chi connectivity index (χ0) is 32.9. The molecule has 2 aliphatic carbocycles. The lowest BCUT2D eigenvalue weighted by Crippen LogP contribution is -2.50. The van der Waals surface area contributed by atoms with Crippen molar-refractivity contribution in [3.05, 3.63) is 30.0 Å². The molecule has 2 aliphatic heterocycles. The number of carbonyl (C=O) groups is 3. The summed E-state index contributed by atoms with van der Waals surface area (Å²) in [6.07, 6.45) is 9.40. The Morgan fingerprint density at radius 2 is 1.74 bits per heavy atom. The number of hydrogen-bond acceptors (Lipinski definition) is 8. The van der Waals surface area contributed by atoms with E-state index in [1.54, 1.807) is 31.4 Å². The van der Waals surface area contributed by atoms with Crippen LogP contribution in [0.25, 0.3) is 11.0 Å². The van der Waals surface area contributed by atoms with Crippen molar-refractivity contribution in [1.29, 1.82) is 0 Å². The summed E-state index contributed by atoms with van der Waals surface area (Å²) < 4.78 is 35.5. The van der Waals surface area contributed by atoms with Gasteiger partial charge >= 0.3 is 5.97 Å². The van der Waals surface area contributed by atoms with Gasteiger partial charge in [-0.1, -0.05) is 0 Å². The number of halogens is 1. The third-order valence-electron chi connectivity index (χ3n) is 11.3. The Morgan fingerprint density at radius 3 is 2.45 bits per heavy atom. The summed E-state index contributed by atoms with van der Waals surface area (Å²) in [6.45, 7) is 1.70. The van der Waals surface area contributed by atoms with Gasteiger partial charge in [0.15, 0.2) is 0 Å². The van der Waals surface area contributed by atoms with Gasteiger partial charge in [-0.3, -0.25) is 9.59 Å². The minimum atomic E-state index is -0.576. The second-order valence-corrected chi connectivity index (χ2v) is 14.1. The molecule has 11 heteroatoms. The van der Waals surface area contributed by atoms with E-state index >= 15 is 0 Å². The highest BCUT2D eigenvalue weighted by atomic mass is 19.1. The maximum atomic E-state index is 14.2. The summed E-state index contributed by atoms with van der Waals surface area (Å²) in [5.41, 5.74) is 7.07. The van der Waals surface area contributed by atoms with E-state index in [1.807, 2.05) is 4.90 Å². The number of ether oxygens (including phenoxy) is 3. The normalized spacial score (nSPS) is 29.5.